The Morgan fingerprint density at radius 1 is 0.939 bits per heavy atom. The molecule has 0 spiro atoms. The molecule has 254 valence electrons. The number of phenols is 2. The third-order valence-corrected chi connectivity index (χ3v) is 9.12. The van der Waals surface area contributed by atoms with Crippen molar-refractivity contribution in [2.45, 2.75) is 16.2 Å². The van der Waals surface area contributed by atoms with Crippen LogP contribution in [0.4, 0.5) is 11.4 Å². The molecule has 0 fully saturated rings. The Morgan fingerprint density at radius 3 is 2.20 bits per heavy atom. The van der Waals surface area contributed by atoms with Gasteiger partial charge in [0, 0.05) is 28.5 Å². The number of hydrogen-bond acceptors (Lipinski definition) is 14. The minimum atomic E-state index is -5.27. The monoisotopic (exact) mass is 715 g/mol. The molecule has 0 atom stereocenters. The van der Waals surface area contributed by atoms with E-state index in [1.165, 1.54) is 12.1 Å². The van der Waals surface area contributed by atoms with Crippen LogP contribution >= 0.6 is 0 Å². The third kappa shape index (κ3) is 6.18. The number of anilines is 1. The van der Waals surface area contributed by atoms with Crippen molar-refractivity contribution in [3.63, 3.8) is 0 Å². The van der Waals surface area contributed by atoms with Gasteiger partial charge in [0.25, 0.3) is 25.9 Å². The van der Waals surface area contributed by atoms with Gasteiger partial charge in [-0.15, -0.1) is 0 Å². The molecule has 1 heterocycles. The zero-order valence-corrected chi connectivity index (χ0v) is 25.9. The summed E-state index contributed by atoms with van der Waals surface area (Å²) in [5.41, 5.74) is 1.45. The van der Waals surface area contributed by atoms with Gasteiger partial charge in [-0.05, 0) is 42.0 Å². The molecule has 2 aliphatic rings. The van der Waals surface area contributed by atoms with Crippen LogP contribution in [0.1, 0.15) is 26.3 Å². The highest BCUT2D eigenvalue weighted by atomic mass is 32.2. The summed E-state index contributed by atoms with van der Waals surface area (Å²) in [5, 5.41) is 48.1. The maximum Gasteiger partial charge on any atom is 0.339 e. The van der Waals surface area contributed by atoms with Gasteiger partial charge in [0.05, 0.1) is 39.8 Å². The van der Waals surface area contributed by atoms with E-state index in [2.05, 4.69) is 0 Å². The van der Waals surface area contributed by atoms with E-state index < -0.39 is 104 Å². The summed E-state index contributed by atoms with van der Waals surface area (Å²) < 4.78 is 80.3. The standard InChI is InChI=1S/C29H21N3O15S2/c30-17-6-4-14-22(15-5-7-18(31)27(49(43,44)45)25(15)47-24(14)26(17)48(40,41)42)13-2-1-3-16(23(13)28(35)36)29(37)46-9-8-12-10-20(33)21(34)11-19(12)32(38)39/h1-7,10-11,30,33-34H,8-9,31H2,(H,35,36)(H,40,41,42)(H,43,44,45). The zero-order valence-electron chi connectivity index (χ0n) is 24.3. The topological polar surface area (TPSA) is 319 Å². The van der Waals surface area contributed by atoms with Crippen LogP contribution in [0.2, 0.25) is 0 Å². The second-order valence-corrected chi connectivity index (χ2v) is 13.0. The Balaban J connectivity index is 1.74. The van der Waals surface area contributed by atoms with E-state index in [-0.39, 0.29) is 34.1 Å². The summed E-state index contributed by atoms with van der Waals surface area (Å²) in [5.74, 6) is -5.26. The van der Waals surface area contributed by atoms with Gasteiger partial charge < -0.3 is 30.2 Å². The van der Waals surface area contributed by atoms with Gasteiger partial charge in [-0.1, -0.05) is 12.1 Å². The van der Waals surface area contributed by atoms with Gasteiger partial charge in [-0.25, -0.2) is 9.59 Å². The highest BCUT2D eigenvalue weighted by Gasteiger charge is 2.33. The zero-order chi connectivity index (χ0) is 36.2. The number of nitrogens with two attached hydrogens (primary N) is 1. The third-order valence-electron chi connectivity index (χ3n) is 7.26. The molecule has 1 aliphatic carbocycles. The predicted octanol–water partition coefficient (Wildman–Crippen LogP) is 3.18. The molecule has 0 radical (unpaired) electrons. The van der Waals surface area contributed by atoms with Crippen molar-refractivity contribution in [3.8, 4) is 33.9 Å². The number of carboxylic acid groups (broad SMARTS) is 1. The summed E-state index contributed by atoms with van der Waals surface area (Å²) in [6, 6.07) is 9.23. The molecule has 0 saturated heterocycles. The smallest absolute Gasteiger partial charge is 0.339 e. The number of carbonyl (C=O) groups excluding carboxylic acids is 1. The molecular formula is C29H21N3O15S2. The lowest BCUT2D eigenvalue weighted by Crippen LogP contribution is -2.17. The lowest BCUT2D eigenvalue weighted by molar-refractivity contribution is -0.385. The normalized spacial score (nSPS) is 11.9. The number of carbonyl (C=O) groups is 2. The summed E-state index contributed by atoms with van der Waals surface area (Å²) in [6.45, 7) is -0.579. The molecule has 0 amide bonds. The number of nitrogens with one attached hydrogen (secondary N) is 1. The number of esters is 1. The first kappa shape index (κ1) is 34.3. The lowest BCUT2D eigenvalue weighted by Gasteiger charge is -2.20. The minimum absolute atomic E-state index is 0.136. The van der Waals surface area contributed by atoms with Gasteiger partial charge >= 0.3 is 11.9 Å². The molecule has 3 aromatic carbocycles. The number of benzene rings is 4. The summed E-state index contributed by atoms with van der Waals surface area (Å²) in [4.78, 5) is 34.4. The number of phenolic OH excluding ortho intramolecular Hbond substituents is 2. The number of nitro groups is 1. The van der Waals surface area contributed by atoms with Gasteiger partial charge in [0.1, 0.15) is 0 Å². The molecule has 20 heteroatoms. The highest BCUT2D eigenvalue weighted by molar-refractivity contribution is 7.86. The predicted molar refractivity (Wildman–Crippen MR) is 166 cm³/mol. The number of nitrogens with zero attached hydrogens (tertiary/aromatic N) is 1. The van der Waals surface area contributed by atoms with Crippen molar-refractivity contribution in [2.24, 2.45) is 0 Å². The molecule has 0 bridgehead atoms. The molecule has 3 aromatic rings. The van der Waals surface area contributed by atoms with Crippen LogP contribution in [0.3, 0.4) is 0 Å². The SMILES string of the molecule is N=c1ccc2c(-c3cccc(C(=O)OCCc4cc(O)c(O)cc4[N+](=O)[O-])c3C(=O)O)c3ccc(N)c(S(=O)(=O)O)c3oc-2c1S(=O)(=O)O. The Kier molecular flexibility index (Phi) is 8.51. The van der Waals surface area contributed by atoms with Gasteiger partial charge in [-0.2, -0.15) is 16.8 Å². The second-order valence-electron chi connectivity index (χ2n) is 10.3. The molecular weight excluding hydrogens is 694 g/mol. The minimum Gasteiger partial charge on any atom is -0.504 e. The number of nitro benzene ring substituents is 1. The van der Waals surface area contributed by atoms with Crippen molar-refractivity contribution in [1.29, 1.82) is 5.41 Å². The Morgan fingerprint density at radius 2 is 1.59 bits per heavy atom. The van der Waals surface area contributed by atoms with Gasteiger partial charge in [-0.3, -0.25) is 24.6 Å². The Hall–Kier alpha value is -6.09. The Bertz CT molecular complexity index is 2510. The molecule has 0 aromatic heterocycles. The van der Waals surface area contributed by atoms with Crippen LogP contribution in [-0.2, 0) is 31.4 Å². The fourth-order valence-electron chi connectivity index (χ4n) is 5.27. The van der Waals surface area contributed by atoms with Crippen LogP contribution in [0.5, 0.6) is 11.5 Å². The van der Waals surface area contributed by atoms with Crippen LogP contribution in [0.15, 0.2) is 68.8 Å². The van der Waals surface area contributed by atoms with Gasteiger partial charge in [0.2, 0.25) is 0 Å². The molecule has 0 unspecified atom stereocenters. The highest BCUT2D eigenvalue weighted by Crippen LogP contribution is 2.46. The van der Waals surface area contributed by atoms with E-state index in [1.54, 1.807) is 0 Å². The van der Waals surface area contributed by atoms with E-state index in [4.69, 9.17) is 20.3 Å². The largest absolute Gasteiger partial charge is 0.504 e. The fourth-order valence-corrected chi connectivity index (χ4v) is 6.75. The van der Waals surface area contributed by atoms with Gasteiger partial charge in [0.15, 0.2) is 32.6 Å². The molecule has 49 heavy (non-hydrogen) atoms. The first-order valence-corrected chi connectivity index (χ1v) is 16.3. The van der Waals surface area contributed by atoms with Crippen molar-refractivity contribution in [3.05, 3.63) is 86.8 Å². The average molecular weight is 716 g/mol. The summed E-state index contributed by atoms with van der Waals surface area (Å²) in [7, 11) is -10.5. The maximum atomic E-state index is 13.3. The first-order valence-electron chi connectivity index (χ1n) is 13.4. The van der Waals surface area contributed by atoms with E-state index >= 15 is 0 Å². The van der Waals surface area contributed by atoms with Crippen LogP contribution in [0, 0.1) is 15.5 Å². The lowest BCUT2D eigenvalue weighted by atomic mass is 9.88. The van der Waals surface area contributed by atoms with Crippen molar-refractivity contribution < 1.29 is 64.9 Å². The quantitative estimate of drug-likeness (QED) is 0.0219. The molecule has 0 saturated carbocycles. The van der Waals surface area contributed by atoms with Crippen molar-refractivity contribution >= 4 is 54.5 Å². The molecule has 5 rings (SSSR count). The average Bonchev–Trinajstić information content (AvgIpc) is 2.99. The molecule has 8 N–H and O–H groups in total. The summed E-state index contributed by atoms with van der Waals surface area (Å²) >= 11 is 0. The van der Waals surface area contributed by atoms with E-state index in [1.807, 2.05) is 0 Å². The number of rotatable bonds is 9. The number of carboxylic acids is 1. The first-order chi connectivity index (χ1) is 22.8. The second kappa shape index (κ2) is 12.2. The maximum absolute atomic E-state index is 13.3. The fraction of sp³-hybridized carbons (Fsp3) is 0.0690. The number of aromatic carboxylic acids is 1. The van der Waals surface area contributed by atoms with Crippen LogP contribution in [-0.4, -0.2) is 64.7 Å². The van der Waals surface area contributed by atoms with Crippen LogP contribution in [0.25, 0.3) is 33.4 Å². The van der Waals surface area contributed by atoms with E-state index in [9.17, 15) is 61.0 Å². The number of hydrogen-bond donors (Lipinski definition) is 7. The van der Waals surface area contributed by atoms with E-state index in [0.29, 0.717) is 6.07 Å². The van der Waals surface area contributed by atoms with E-state index in [0.717, 1.165) is 36.4 Å². The molecule has 1 aliphatic heterocycles. The molecule has 18 nitrogen and oxygen atoms in total. The van der Waals surface area contributed by atoms with Crippen molar-refractivity contribution in [1.82, 2.24) is 0 Å². The number of fused-ring (bicyclic) bond motifs is 2. The Labute approximate surface area is 273 Å². The van der Waals surface area contributed by atoms with Crippen LogP contribution < -0.4 is 11.1 Å². The number of ether oxygens (including phenoxy) is 1. The number of nitrogen functional groups attached to an aromatic ring is 1. The van der Waals surface area contributed by atoms with Crippen molar-refractivity contribution in [2.75, 3.05) is 12.3 Å². The summed E-state index contributed by atoms with van der Waals surface area (Å²) in [6.07, 6.45) is -0.360. The number of aromatic hydroxyl groups is 2.